The molecular weight excluding hydrogens is 443 g/mol. The molecule has 3 aromatic rings. The predicted molar refractivity (Wildman–Crippen MR) is 111 cm³/mol. The molecule has 0 N–H and O–H groups in total. The standard InChI is InChI=1S/C22H15BrClFN2O/c23-17-10-14(6-8-18(17)25)22-27-20(16-11-15(24)7-9-21(16)28-22)12-19(26-27)13-4-2-1-3-5-13/h1-11,20,22H,12H2/t20-,22+/m0/s1. The molecule has 0 aromatic heterocycles. The molecule has 2 heterocycles. The minimum Gasteiger partial charge on any atom is -0.464 e. The third kappa shape index (κ3) is 2.99. The van der Waals surface area contributed by atoms with E-state index in [2.05, 4.69) is 28.1 Å². The van der Waals surface area contributed by atoms with E-state index in [1.807, 2.05) is 41.4 Å². The normalized spacial score (nSPS) is 20.2. The van der Waals surface area contributed by atoms with Crippen LogP contribution in [0.1, 0.15) is 35.4 Å². The quantitative estimate of drug-likeness (QED) is 0.440. The number of benzene rings is 3. The third-order valence-corrected chi connectivity index (χ3v) is 5.93. The second-order valence-electron chi connectivity index (χ2n) is 6.84. The van der Waals surface area contributed by atoms with Crippen LogP contribution in [0.25, 0.3) is 0 Å². The van der Waals surface area contributed by atoms with Gasteiger partial charge in [0.2, 0.25) is 6.23 Å². The molecule has 0 bridgehead atoms. The molecule has 5 rings (SSSR count). The molecule has 140 valence electrons. The lowest BCUT2D eigenvalue weighted by Gasteiger charge is -2.38. The molecule has 3 aromatic carbocycles. The largest absolute Gasteiger partial charge is 0.464 e. The van der Waals surface area contributed by atoms with Gasteiger partial charge in [0.05, 0.1) is 16.2 Å². The average molecular weight is 458 g/mol. The number of halogens is 3. The monoisotopic (exact) mass is 456 g/mol. The molecular formula is C22H15BrClFN2O. The lowest BCUT2D eigenvalue weighted by atomic mass is 9.96. The van der Waals surface area contributed by atoms with Crippen molar-refractivity contribution in [3.8, 4) is 5.75 Å². The molecule has 0 radical (unpaired) electrons. The average Bonchev–Trinajstić information content (AvgIpc) is 3.16. The van der Waals surface area contributed by atoms with Crippen LogP contribution in [0.3, 0.4) is 0 Å². The van der Waals surface area contributed by atoms with Crippen LogP contribution in [0.2, 0.25) is 5.02 Å². The summed E-state index contributed by atoms with van der Waals surface area (Å²) >= 11 is 9.53. The smallest absolute Gasteiger partial charge is 0.213 e. The van der Waals surface area contributed by atoms with Gasteiger partial charge in [0.25, 0.3) is 0 Å². The highest BCUT2D eigenvalue weighted by Crippen LogP contribution is 2.48. The Balaban J connectivity index is 1.62. The van der Waals surface area contributed by atoms with Gasteiger partial charge >= 0.3 is 0 Å². The Labute approximate surface area is 175 Å². The number of hydrazone groups is 1. The van der Waals surface area contributed by atoms with Crippen LogP contribution in [0.15, 0.2) is 76.3 Å². The molecule has 2 aliphatic rings. The summed E-state index contributed by atoms with van der Waals surface area (Å²) in [6.45, 7) is 0. The van der Waals surface area contributed by atoms with Gasteiger partial charge in [-0.3, -0.25) is 0 Å². The molecule has 0 unspecified atom stereocenters. The highest BCUT2D eigenvalue weighted by molar-refractivity contribution is 9.10. The number of fused-ring (bicyclic) bond motifs is 3. The van der Waals surface area contributed by atoms with Crippen LogP contribution in [-0.4, -0.2) is 10.7 Å². The van der Waals surface area contributed by atoms with Gasteiger partial charge in [0.15, 0.2) is 0 Å². The molecule has 28 heavy (non-hydrogen) atoms. The summed E-state index contributed by atoms with van der Waals surface area (Å²) in [4.78, 5) is 0. The maximum absolute atomic E-state index is 13.8. The predicted octanol–water partition coefficient (Wildman–Crippen LogP) is 6.48. The van der Waals surface area contributed by atoms with E-state index in [4.69, 9.17) is 21.4 Å². The highest BCUT2D eigenvalue weighted by atomic mass is 79.9. The molecule has 0 saturated carbocycles. The van der Waals surface area contributed by atoms with Crippen LogP contribution >= 0.6 is 27.5 Å². The second-order valence-corrected chi connectivity index (χ2v) is 8.13. The van der Waals surface area contributed by atoms with Crippen molar-refractivity contribution in [2.75, 3.05) is 0 Å². The first-order valence-electron chi connectivity index (χ1n) is 8.92. The number of hydrogen-bond donors (Lipinski definition) is 0. The molecule has 3 nitrogen and oxygen atoms in total. The van der Waals surface area contributed by atoms with Crippen molar-refractivity contribution in [2.45, 2.75) is 18.7 Å². The molecule has 2 atom stereocenters. The number of nitrogens with zero attached hydrogens (tertiary/aromatic N) is 2. The first-order chi connectivity index (χ1) is 13.6. The maximum atomic E-state index is 13.8. The first-order valence-corrected chi connectivity index (χ1v) is 10.1. The fraction of sp³-hybridized carbons (Fsp3) is 0.136. The highest BCUT2D eigenvalue weighted by Gasteiger charge is 2.41. The molecule has 2 aliphatic heterocycles. The van der Waals surface area contributed by atoms with Crippen LogP contribution in [0, 0.1) is 5.82 Å². The minimum atomic E-state index is -0.447. The number of ether oxygens (including phenoxy) is 1. The summed E-state index contributed by atoms with van der Waals surface area (Å²) < 4.78 is 20.4. The summed E-state index contributed by atoms with van der Waals surface area (Å²) in [6, 6.07) is 20.7. The van der Waals surface area contributed by atoms with Crippen molar-refractivity contribution in [1.82, 2.24) is 5.01 Å². The summed E-state index contributed by atoms with van der Waals surface area (Å²) in [7, 11) is 0. The number of hydrogen-bond acceptors (Lipinski definition) is 3. The van der Waals surface area contributed by atoms with Gasteiger partial charge in [-0.15, -0.1) is 0 Å². The van der Waals surface area contributed by atoms with E-state index in [1.54, 1.807) is 12.1 Å². The van der Waals surface area contributed by atoms with E-state index in [9.17, 15) is 4.39 Å². The van der Waals surface area contributed by atoms with E-state index in [-0.39, 0.29) is 11.9 Å². The fourth-order valence-corrected chi connectivity index (χ4v) is 4.33. The van der Waals surface area contributed by atoms with Crippen LogP contribution in [0.5, 0.6) is 5.75 Å². The lowest BCUT2D eigenvalue weighted by molar-refractivity contribution is -0.0191. The Morgan fingerprint density at radius 3 is 2.68 bits per heavy atom. The van der Waals surface area contributed by atoms with Gasteiger partial charge in [-0.1, -0.05) is 48.0 Å². The van der Waals surface area contributed by atoms with Crippen LogP contribution in [0.4, 0.5) is 4.39 Å². The Morgan fingerprint density at radius 1 is 1.07 bits per heavy atom. The fourth-order valence-electron chi connectivity index (χ4n) is 3.75. The topological polar surface area (TPSA) is 24.8 Å². The van der Waals surface area contributed by atoms with Crippen molar-refractivity contribution in [3.63, 3.8) is 0 Å². The zero-order chi connectivity index (χ0) is 19.3. The SMILES string of the molecule is Fc1ccc([C@H]2Oc3ccc(Cl)cc3[C@@H]3CC(c4ccccc4)=NN23)cc1Br. The Hall–Kier alpha value is -2.37. The van der Waals surface area contributed by atoms with Crippen molar-refractivity contribution in [2.24, 2.45) is 5.10 Å². The minimum absolute atomic E-state index is 0.00600. The van der Waals surface area contributed by atoms with Crippen molar-refractivity contribution < 1.29 is 9.13 Å². The molecule has 0 aliphatic carbocycles. The van der Waals surface area contributed by atoms with Gasteiger partial charge in [0.1, 0.15) is 11.6 Å². The van der Waals surface area contributed by atoms with Gasteiger partial charge < -0.3 is 4.74 Å². The van der Waals surface area contributed by atoms with E-state index >= 15 is 0 Å². The zero-order valence-corrected chi connectivity index (χ0v) is 17.0. The second kappa shape index (κ2) is 6.90. The molecule has 0 fully saturated rings. The summed E-state index contributed by atoms with van der Waals surface area (Å²) in [6.07, 6.45) is 0.302. The summed E-state index contributed by atoms with van der Waals surface area (Å²) in [5.41, 5.74) is 3.92. The van der Waals surface area contributed by atoms with Gasteiger partial charge in [-0.05, 0) is 51.8 Å². The lowest BCUT2D eigenvalue weighted by Crippen LogP contribution is -2.33. The Bertz CT molecular complexity index is 1090. The van der Waals surface area contributed by atoms with Gasteiger partial charge in [0, 0.05) is 22.6 Å². The van der Waals surface area contributed by atoms with E-state index < -0.39 is 6.23 Å². The Morgan fingerprint density at radius 2 is 1.89 bits per heavy atom. The van der Waals surface area contributed by atoms with Crippen molar-refractivity contribution in [3.05, 3.63) is 98.7 Å². The van der Waals surface area contributed by atoms with Crippen LogP contribution < -0.4 is 4.74 Å². The van der Waals surface area contributed by atoms with E-state index in [0.717, 1.165) is 34.6 Å². The van der Waals surface area contributed by atoms with Crippen molar-refractivity contribution in [1.29, 1.82) is 0 Å². The van der Waals surface area contributed by atoms with E-state index in [0.29, 0.717) is 9.50 Å². The van der Waals surface area contributed by atoms with Crippen molar-refractivity contribution >= 4 is 33.2 Å². The van der Waals surface area contributed by atoms with Crippen LogP contribution in [-0.2, 0) is 0 Å². The summed E-state index contributed by atoms with van der Waals surface area (Å²) in [5.74, 6) is 0.471. The maximum Gasteiger partial charge on any atom is 0.213 e. The number of rotatable bonds is 2. The third-order valence-electron chi connectivity index (χ3n) is 5.09. The first kappa shape index (κ1) is 17.7. The zero-order valence-electron chi connectivity index (χ0n) is 14.6. The molecule has 6 heteroatoms. The summed E-state index contributed by atoms with van der Waals surface area (Å²) in [5, 5.41) is 7.52. The van der Waals surface area contributed by atoms with E-state index in [1.165, 1.54) is 6.07 Å². The molecule has 0 amide bonds. The molecule has 0 saturated heterocycles. The Kier molecular flexibility index (Phi) is 4.37. The van der Waals surface area contributed by atoms with Gasteiger partial charge in [-0.25, -0.2) is 9.40 Å². The van der Waals surface area contributed by atoms with Gasteiger partial charge in [-0.2, -0.15) is 5.10 Å². The molecule has 0 spiro atoms.